The molecule has 0 aliphatic rings. The number of carbonyl (C=O) groups is 1. The van der Waals surface area contributed by atoms with Gasteiger partial charge < -0.3 is 10.6 Å². The first-order valence-electron chi connectivity index (χ1n) is 3.54. The minimum absolute atomic E-state index is 0.0301. The van der Waals surface area contributed by atoms with Crippen molar-refractivity contribution in [3.8, 4) is 0 Å². The molecule has 0 saturated carbocycles. The van der Waals surface area contributed by atoms with Crippen molar-refractivity contribution >= 4 is 11.6 Å². The summed E-state index contributed by atoms with van der Waals surface area (Å²) in [5, 5.41) is 3.49. The molecule has 2 N–H and O–H groups in total. The summed E-state index contributed by atoms with van der Waals surface area (Å²) in [6.45, 7) is 4.93. The van der Waals surface area contributed by atoms with Crippen molar-refractivity contribution in [2.45, 2.75) is 33.3 Å². The summed E-state index contributed by atoms with van der Waals surface area (Å²) in [6.07, 6.45) is 0.167. The predicted molar refractivity (Wildman–Crippen MR) is 43.1 cm³/mol. The maximum Gasteiger partial charge on any atom is 0.184 e. The van der Waals surface area contributed by atoms with Crippen LogP contribution in [0.4, 0.5) is 0 Å². The normalized spacial score (nSPS) is 14.3. The van der Waals surface area contributed by atoms with E-state index in [4.69, 9.17) is 10.6 Å². The summed E-state index contributed by atoms with van der Waals surface area (Å²) < 4.78 is 0. The van der Waals surface area contributed by atoms with Gasteiger partial charge in [0.25, 0.3) is 0 Å². The van der Waals surface area contributed by atoms with E-state index in [1.54, 1.807) is 6.92 Å². The van der Waals surface area contributed by atoms with E-state index in [-0.39, 0.29) is 5.78 Å². The lowest BCUT2D eigenvalue weighted by Gasteiger charge is -2.07. The first kappa shape index (κ1) is 9.94. The minimum Gasteiger partial charge on any atom is -0.385 e. The Hall–Kier alpha value is -1.06. The zero-order valence-corrected chi connectivity index (χ0v) is 7.13. The Labute approximate surface area is 66.4 Å². The number of amidine groups is 1. The van der Waals surface area contributed by atoms with Crippen molar-refractivity contribution in [2.24, 2.45) is 10.9 Å². The van der Waals surface area contributed by atoms with Crippen LogP contribution < -0.4 is 5.73 Å². The lowest BCUT2D eigenvalue weighted by atomic mass is 10.2. The molecule has 0 aromatic carbocycles. The van der Waals surface area contributed by atoms with E-state index < -0.39 is 6.10 Å². The summed E-state index contributed by atoms with van der Waals surface area (Å²) in [5.41, 5.74) is 5.21. The highest BCUT2D eigenvalue weighted by Gasteiger charge is 2.11. The standard InChI is InChI=1S/C7H14N2O2/c1-4-7(5(2)10)11-9-6(3)8/h7H,4H2,1-3H3,(H2,8,9). The first-order chi connectivity index (χ1) is 5.07. The third kappa shape index (κ3) is 4.36. The number of nitrogens with zero attached hydrogens (tertiary/aromatic N) is 1. The van der Waals surface area contributed by atoms with Crippen LogP contribution in [0.3, 0.4) is 0 Å². The number of oxime groups is 1. The van der Waals surface area contributed by atoms with Crippen molar-refractivity contribution in [1.82, 2.24) is 0 Å². The molecular weight excluding hydrogens is 144 g/mol. The number of nitrogens with two attached hydrogens (primary N) is 1. The number of carbonyl (C=O) groups excluding carboxylic acids is 1. The third-order valence-electron chi connectivity index (χ3n) is 1.15. The van der Waals surface area contributed by atoms with Crippen LogP contribution in [0.2, 0.25) is 0 Å². The Balaban J connectivity index is 3.89. The van der Waals surface area contributed by atoms with E-state index in [1.807, 2.05) is 6.92 Å². The maximum atomic E-state index is 10.8. The van der Waals surface area contributed by atoms with E-state index in [0.717, 1.165) is 0 Å². The molecule has 0 aromatic rings. The van der Waals surface area contributed by atoms with Crippen LogP contribution in [0.25, 0.3) is 0 Å². The average molecular weight is 158 g/mol. The van der Waals surface area contributed by atoms with Crippen LogP contribution in [-0.2, 0) is 9.63 Å². The van der Waals surface area contributed by atoms with E-state index in [1.165, 1.54) is 6.92 Å². The molecule has 0 saturated heterocycles. The van der Waals surface area contributed by atoms with Gasteiger partial charge in [-0.1, -0.05) is 12.1 Å². The van der Waals surface area contributed by atoms with Crippen LogP contribution in [0.5, 0.6) is 0 Å². The first-order valence-corrected chi connectivity index (χ1v) is 3.54. The number of ketones is 1. The van der Waals surface area contributed by atoms with Crippen LogP contribution in [0, 0.1) is 0 Å². The highest BCUT2D eigenvalue weighted by atomic mass is 16.6. The third-order valence-corrected chi connectivity index (χ3v) is 1.15. The molecule has 11 heavy (non-hydrogen) atoms. The van der Waals surface area contributed by atoms with E-state index >= 15 is 0 Å². The zero-order chi connectivity index (χ0) is 8.85. The van der Waals surface area contributed by atoms with Crippen LogP contribution in [-0.4, -0.2) is 17.7 Å². The van der Waals surface area contributed by atoms with Crippen LogP contribution in [0.15, 0.2) is 5.16 Å². The largest absolute Gasteiger partial charge is 0.385 e. The Morgan fingerprint density at radius 3 is 2.45 bits per heavy atom. The molecule has 0 fully saturated rings. The fraction of sp³-hybridized carbons (Fsp3) is 0.714. The monoisotopic (exact) mass is 158 g/mol. The van der Waals surface area contributed by atoms with Crippen molar-refractivity contribution in [3.63, 3.8) is 0 Å². The van der Waals surface area contributed by atoms with Crippen molar-refractivity contribution in [3.05, 3.63) is 0 Å². The van der Waals surface area contributed by atoms with E-state index in [9.17, 15) is 4.79 Å². The summed E-state index contributed by atoms with van der Waals surface area (Å²) in [7, 11) is 0. The molecule has 0 aromatic heterocycles. The molecule has 0 bridgehead atoms. The summed E-state index contributed by atoms with van der Waals surface area (Å²) in [6, 6.07) is 0. The second-order valence-electron chi connectivity index (χ2n) is 2.35. The molecule has 0 amide bonds. The molecule has 0 radical (unpaired) electrons. The SMILES string of the molecule is CCC(ON=C(C)N)C(C)=O. The number of Topliss-reactive ketones (excluding diaryl/α,β-unsaturated/α-hetero) is 1. The highest BCUT2D eigenvalue weighted by molar-refractivity contribution is 5.80. The van der Waals surface area contributed by atoms with Gasteiger partial charge in [0, 0.05) is 0 Å². The van der Waals surface area contributed by atoms with Gasteiger partial charge in [-0.05, 0) is 20.3 Å². The molecular formula is C7H14N2O2. The molecule has 0 aliphatic heterocycles. The predicted octanol–water partition coefficient (Wildman–Crippen LogP) is 0.663. The van der Waals surface area contributed by atoms with Gasteiger partial charge in [0.05, 0.1) is 0 Å². The zero-order valence-electron chi connectivity index (χ0n) is 7.13. The van der Waals surface area contributed by atoms with Crippen LogP contribution in [0.1, 0.15) is 27.2 Å². The van der Waals surface area contributed by atoms with Gasteiger partial charge in [0.1, 0.15) is 5.84 Å². The van der Waals surface area contributed by atoms with Gasteiger partial charge in [-0.25, -0.2) is 0 Å². The van der Waals surface area contributed by atoms with Gasteiger partial charge >= 0.3 is 0 Å². The average Bonchev–Trinajstić information content (AvgIpc) is 1.87. The number of hydrogen-bond donors (Lipinski definition) is 1. The van der Waals surface area contributed by atoms with Gasteiger partial charge in [-0.3, -0.25) is 4.79 Å². The smallest absolute Gasteiger partial charge is 0.184 e. The molecule has 1 unspecified atom stereocenters. The molecule has 64 valence electrons. The quantitative estimate of drug-likeness (QED) is 0.371. The maximum absolute atomic E-state index is 10.8. The summed E-state index contributed by atoms with van der Waals surface area (Å²) in [5.74, 6) is 0.294. The van der Waals surface area contributed by atoms with Gasteiger partial charge in [-0.15, -0.1) is 0 Å². The van der Waals surface area contributed by atoms with Crippen molar-refractivity contribution in [1.29, 1.82) is 0 Å². The molecule has 0 heterocycles. The molecule has 0 spiro atoms. The minimum atomic E-state index is -0.450. The molecule has 1 atom stereocenters. The Kier molecular flexibility index (Phi) is 4.26. The van der Waals surface area contributed by atoms with Gasteiger partial charge in [0.15, 0.2) is 11.9 Å². The molecule has 0 rings (SSSR count). The second-order valence-corrected chi connectivity index (χ2v) is 2.35. The number of hydrogen-bond acceptors (Lipinski definition) is 3. The Morgan fingerprint density at radius 1 is 1.64 bits per heavy atom. The summed E-state index contributed by atoms with van der Waals surface area (Å²) in [4.78, 5) is 15.6. The topological polar surface area (TPSA) is 64.7 Å². The van der Waals surface area contributed by atoms with Crippen molar-refractivity contribution in [2.75, 3.05) is 0 Å². The summed E-state index contributed by atoms with van der Waals surface area (Å²) >= 11 is 0. The van der Waals surface area contributed by atoms with Crippen molar-refractivity contribution < 1.29 is 9.63 Å². The van der Waals surface area contributed by atoms with Gasteiger partial charge in [0.2, 0.25) is 0 Å². The van der Waals surface area contributed by atoms with Gasteiger partial charge in [-0.2, -0.15) is 0 Å². The second kappa shape index (κ2) is 4.71. The molecule has 4 heteroatoms. The lowest BCUT2D eigenvalue weighted by molar-refractivity contribution is -0.128. The van der Waals surface area contributed by atoms with E-state index in [0.29, 0.717) is 12.3 Å². The highest BCUT2D eigenvalue weighted by Crippen LogP contribution is 1.99. The fourth-order valence-corrected chi connectivity index (χ4v) is 0.583. The van der Waals surface area contributed by atoms with Crippen LogP contribution >= 0.6 is 0 Å². The lowest BCUT2D eigenvalue weighted by Crippen LogP contribution is -2.19. The molecule has 4 nitrogen and oxygen atoms in total. The Bertz CT molecular complexity index is 162. The number of rotatable bonds is 4. The Morgan fingerprint density at radius 2 is 2.18 bits per heavy atom. The van der Waals surface area contributed by atoms with E-state index in [2.05, 4.69) is 5.16 Å². The molecule has 0 aliphatic carbocycles. The fourth-order valence-electron chi connectivity index (χ4n) is 0.583.